The molecule has 16 heavy (non-hydrogen) atoms. The molecule has 0 aromatic rings. The smallest absolute Gasteiger partial charge is 0.0434 e. The molecule has 0 spiro atoms. The molecule has 1 unspecified atom stereocenters. The van der Waals surface area contributed by atoms with Crippen LogP contribution in [0.15, 0.2) is 10.6 Å². The molecule has 2 fully saturated rings. The van der Waals surface area contributed by atoms with Crippen molar-refractivity contribution in [1.82, 2.24) is 10.2 Å². The van der Waals surface area contributed by atoms with Gasteiger partial charge in [0, 0.05) is 36.2 Å². The van der Waals surface area contributed by atoms with Crippen LogP contribution in [0.5, 0.6) is 0 Å². The van der Waals surface area contributed by atoms with Crippen molar-refractivity contribution >= 4 is 23.2 Å². The summed E-state index contributed by atoms with van der Waals surface area (Å²) in [4.78, 5) is 2.45. The van der Waals surface area contributed by atoms with Gasteiger partial charge in [-0.2, -0.15) is 0 Å². The monoisotopic (exact) mass is 262 g/mol. The lowest BCUT2D eigenvalue weighted by Crippen LogP contribution is -2.39. The van der Waals surface area contributed by atoms with Crippen LogP contribution < -0.4 is 5.32 Å². The lowest BCUT2D eigenvalue weighted by atomic mass is 10.2. The highest BCUT2D eigenvalue weighted by atomic mass is 35.5. The van der Waals surface area contributed by atoms with Gasteiger partial charge >= 0.3 is 0 Å². The molecule has 0 aromatic heterocycles. The normalized spacial score (nSPS) is 26.7. The summed E-state index contributed by atoms with van der Waals surface area (Å²) in [5, 5.41) is 4.29. The third-order valence-corrected chi connectivity index (χ3v) is 3.95. The SMILES string of the molecule is Cl/C=C(/Cl)CN(CC1CC1)CC1CCCN1. The molecule has 1 N–H and O–H groups in total. The van der Waals surface area contributed by atoms with E-state index in [1.165, 1.54) is 44.3 Å². The van der Waals surface area contributed by atoms with E-state index in [1.54, 1.807) is 0 Å². The van der Waals surface area contributed by atoms with Crippen molar-refractivity contribution in [3.05, 3.63) is 10.6 Å². The Morgan fingerprint density at radius 1 is 1.31 bits per heavy atom. The first-order valence-corrected chi connectivity index (χ1v) is 7.00. The van der Waals surface area contributed by atoms with E-state index in [0.717, 1.165) is 24.0 Å². The molecule has 92 valence electrons. The van der Waals surface area contributed by atoms with Crippen LogP contribution in [0.4, 0.5) is 0 Å². The van der Waals surface area contributed by atoms with Crippen molar-refractivity contribution in [2.75, 3.05) is 26.2 Å². The summed E-state index contributed by atoms with van der Waals surface area (Å²) in [6.45, 7) is 4.26. The van der Waals surface area contributed by atoms with E-state index < -0.39 is 0 Å². The minimum Gasteiger partial charge on any atom is -0.313 e. The summed E-state index contributed by atoms with van der Waals surface area (Å²) in [7, 11) is 0. The minimum atomic E-state index is 0.651. The van der Waals surface area contributed by atoms with Gasteiger partial charge in [-0.1, -0.05) is 23.2 Å². The van der Waals surface area contributed by atoms with Gasteiger partial charge in [0.2, 0.25) is 0 Å². The maximum atomic E-state index is 6.02. The van der Waals surface area contributed by atoms with E-state index >= 15 is 0 Å². The average Bonchev–Trinajstić information content (AvgIpc) is 2.93. The predicted octanol–water partition coefficient (Wildman–Crippen LogP) is 2.77. The highest BCUT2D eigenvalue weighted by Gasteiger charge is 2.26. The zero-order valence-electron chi connectivity index (χ0n) is 9.59. The molecule has 1 saturated carbocycles. The fraction of sp³-hybridized carbons (Fsp3) is 0.833. The number of rotatable bonds is 6. The lowest BCUT2D eigenvalue weighted by molar-refractivity contribution is 0.261. The highest BCUT2D eigenvalue weighted by Crippen LogP contribution is 2.30. The van der Waals surface area contributed by atoms with Gasteiger partial charge < -0.3 is 5.32 Å². The maximum Gasteiger partial charge on any atom is 0.0434 e. The van der Waals surface area contributed by atoms with Gasteiger partial charge in [0.1, 0.15) is 0 Å². The second-order valence-corrected chi connectivity index (χ2v) is 5.69. The Kier molecular flexibility index (Phi) is 4.96. The van der Waals surface area contributed by atoms with Crippen LogP contribution in [0.25, 0.3) is 0 Å². The molecule has 2 rings (SSSR count). The number of halogens is 2. The Morgan fingerprint density at radius 2 is 2.12 bits per heavy atom. The van der Waals surface area contributed by atoms with E-state index in [2.05, 4.69) is 10.2 Å². The van der Waals surface area contributed by atoms with Crippen molar-refractivity contribution in [2.24, 2.45) is 5.92 Å². The van der Waals surface area contributed by atoms with Gasteiger partial charge in [0.15, 0.2) is 0 Å². The summed E-state index contributed by atoms with van der Waals surface area (Å²) in [6.07, 6.45) is 5.37. The van der Waals surface area contributed by atoms with Crippen LogP contribution in [0.1, 0.15) is 25.7 Å². The fourth-order valence-corrected chi connectivity index (χ4v) is 2.58. The second kappa shape index (κ2) is 6.25. The molecule has 1 heterocycles. The number of hydrogen-bond acceptors (Lipinski definition) is 2. The second-order valence-electron chi connectivity index (χ2n) is 4.99. The van der Waals surface area contributed by atoms with E-state index in [4.69, 9.17) is 23.2 Å². The summed E-state index contributed by atoms with van der Waals surface area (Å²) < 4.78 is 0. The van der Waals surface area contributed by atoms with Crippen LogP contribution >= 0.6 is 23.2 Å². The van der Waals surface area contributed by atoms with Crippen molar-refractivity contribution in [3.63, 3.8) is 0 Å². The van der Waals surface area contributed by atoms with Gasteiger partial charge in [-0.15, -0.1) is 0 Å². The number of hydrogen-bond donors (Lipinski definition) is 1. The molecule has 1 saturated heterocycles. The van der Waals surface area contributed by atoms with Gasteiger partial charge in [-0.25, -0.2) is 0 Å². The van der Waals surface area contributed by atoms with Gasteiger partial charge in [0.25, 0.3) is 0 Å². The summed E-state index contributed by atoms with van der Waals surface area (Å²) >= 11 is 11.6. The zero-order chi connectivity index (χ0) is 11.4. The summed E-state index contributed by atoms with van der Waals surface area (Å²) in [5.41, 5.74) is 1.49. The third-order valence-electron chi connectivity index (χ3n) is 3.35. The number of nitrogens with one attached hydrogen (secondary N) is 1. The topological polar surface area (TPSA) is 15.3 Å². The largest absolute Gasteiger partial charge is 0.313 e. The molecule has 4 heteroatoms. The van der Waals surface area contributed by atoms with E-state index in [9.17, 15) is 0 Å². The van der Waals surface area contributed by atoms with Crippen LogP contribution in [-0.4, -0.2) is 37.1 Å². The molecular formula is C12H20Cl2N2. The third kappa shape index (κ3) is 4.25. The molecule has 1 aliphatic heterocycles. The molecule has 0 amide bonds. The van der Waals surface area contributed by atoms with Gasteiger partial charge in [-0.05, 0) is 38.1 Å². The van der Waals surface area contributed by atoms with E-state index in [0.29, 0.717) is 6.04 Å². The molecule has 2 aliphatic rings. The molecule has 1 atom stereocenters. The first-order valence-electron chi connectivity index (χ1n) is 6.18. The molecule has 1 aliphatic carbocycles. The van der Waals surface area contributed by atoms with E-state index in [1.807, 2.05) is 0 Å². The Bertz CT molecular complexity index is 245. The molecule has 0 radical (unpaired) electrons. The summed E-state index contributed by atoms with van der Waals surface area (Å²) in [5.74, 6) is 0.904. The zero-order valence-corrected chi connectivity index (χ0v) is 11.1. The Labute approximate surface area is 108 Å². The summed E-state index contributed by atoms with van der Waals surface area (Å²) in [6, 6.07) is 0.651. The predicted molar refractivity (Wildman–Crippen MR) is 70.0 cm³/mol. The van der Waals surface area contributed by atoms with Gasteiger partial charge in [0.05, 0.1) is 0 Å². The average molecular weight is 263 g/mol. The minimum absolute atomic E-state index is 0.651. The Hall–Kier alpha value is 0.240. The first-order chi connectivity index (χ1) is 7.78. The van der Waals surface area contributed by atoms with Crippen LogP contribution in [-0.2, 0) is 0 Å². The van der Waals surface area contributed by atoms with Gasteiger partial charge in [-0.3, -0.25) is 4.90 Å². The molecule has 0 bridgehead atoms. The number of nitrogens with zero attached hydrogens (tertiary/aromatic N) is 1. The first kappa shape index (κ1) is 12.7. The van der Waals surface area contributed by atoms with E-state index in [-0.39, 0.29) is 0 Å². The van der Waals surface area contributed by atoms with Crippen molar-refractivity contribution in [1.29, 1.82) is 0 Å². The Balaban J connectivity index is 1.79. The van der Waals surface area contributed by atoms with Crippen LogP contribution in [0.3, 0.4) is 0 Å². The molecule has 2 nitrogen and oxygen atoms in total. The lowest BCUT2D eigenvalue weighted by Gasteiger charge is -2.25. The van der Waals surface area contributed by atoms with Crippen LogP contribution in [0, 0.1) is 5.92 Å². The highest BCUT2D eigenvalue weighted by molar-refractivity contribution is 6.36. The fourth-order valence-electron chi connectivity index (χ4n) is 2.34. The molecular weight excluding hydrogens is 243 g/mol. The van der Waals surface area contributed by atoms with Crippen molar-refractivity contribution in [3.8, 4) is 0 Å². The Morgan fingerprint density at radius 3 is 2.69 bits per heavy atom. The molecule has 0 aromatic carbocycles. The van der Waals surface area contributed by atoms with Crippen molar-refractivity contribution < 1.29 is 0 Å². The van der Waals surface area contributed by atoms with Crippen LogP contribution in [0.2, 0.25) is 0 Å². The maximum absolute atomic E-state index is 6.02. The van der Waals surface area contributed by atoms with Crippen molar-refractivity contribution in [2.45, 2.75) is 31.7 Å². The standard InChI is InChI=1S/C12H20Cl2N2/c13-6-11(14)8-16(7-10-3-4-10)9-12-2-1-5-15-12/h6,10,12,15H,1-5,7-9H2/b11-6+. The quantitative estimate of drug-likeness (QED) is 0.792.